The molecule has 1 aliphatic rings. The normalized spacial score (nSPS) is 20.4. The van der Waals surface area contributed by atoms with Crippen LogP contribution in [0.1, 0.15) is 44.2 Å². The molecule has 1 aromatic carbocycles. The number of aliphatic hydroxyl groups is 1. The van der Waals surface area contributed by atoms with Gasteiger partial charge in [0.1, 0.15) is 0 Å². The molecule has 0 amide bonds. The van der Waals surface area contributed by atoms with E-state index in [1.807, 2.05) is 18.2 Å². The Morgan fingerprint density at radius 3 is 2.76 bits per heavy atom. The van der Waals surface area contributed by atoms with Gasteiger partial charge in [-0.05, 0) is 37.5 Å². The van der Waals surface area contributed by atoms with Crippen LogP contribution in [0.5, 0.6) is 0 Å². The highest BCUT2D eigenvalue weighted by atomic mass is 35.5. The molecule has 2 nitrogen and oxygen atoms in total. The molecule has 17 heavy (non-hydrogen) atoms. The minimum atomic E-state index is -0.493. The summed E-state index contributed by atoms with van der Waals surface area (Å²) >= 11 is 5.97. The van der Waals surface area contributed by atoms with Gasteiger partial charge in [-0.1, -0.05) is 36.6 Å². The standard InChI is InChI=1S/C14H20ClNO/c1-11(12-5-4-6-13(15)9-12)16-10-14(17)7-2-3-8-14/h4-6,9,11,16-17H,2-3,7-8,10H2,1H3/t11-/m1/s1. The van der Waals surface area contributed by atoms with Crippen LogP contribution in [0.15, 0.2) is 24.3 Å². The minimum absolute atomic E-state index is 0.221. The molecule has 0 heterocycles. The van der Waals surface area contributed by atoms with Crippen molar-refractivity contribution in [3.63, 3.8) is 0 Å². The lowest BCUT2D eigenvalue weighted by Gasteiger charge is -2.25. The quantitative estimate of drug-likeness (QED) is 0.863. The molecule has 1 aliphatic carbocycles. The van der Waals surface area contributed by atoms with Crippen molar-refractivity contribution in [2.75, 3.05) is 6.54 Å². The minimum Gasteiger partial charge on any atom is -0.389 e. The number of rotatable bonds is 4. The molecular formula is C14H20ClNO. The molecular weight excluding hydrogens is 234 g/mol. The second-order valence-electron chi connectivity index (χ2n) is 5.09. The fraction of sp³-hybridized carbons (Fsp3) is 0.571. The first-order valence-electron chi connectivity index (χ1n) is 6.30. The maximum absolute atomic E-state index is 10.3. The molecule has 0 radical (unpaired) electrons. The Morgan fingerprint density at radius 2 is 2.12 bits per heavy atom. The summed E-state index contributed by atoms with van der Waals surface area (Å²) < 4.78 is 0. The molecule has 1 saturated carbocycles. The third kappa shape index (κ3) is 3.44. The van der Waals surface area contributed by atoms with Gasteiger partial charge in [-0.25, -0.2) is 0 Å². The van der Waals surface area contributed by atoms with Crippen molar-refractivity contribution >= 4 is 11.6 Å². The Morgan fingerprint density at radius 1 is 1.41 bits per heavy atom. The smallest absolute Gasteiger partial charge is 0.0771 e. The molecule has 1 atom stereocenters. The third-order valence-electron chi connectivity index (χ3n) is 3.62. The van der Waals surface area contributed by atoms with Crippen LogP contribution in [0.2, 0.25) is 5.02 Å². The lowest BCUT2D eigenvalue weighted by molar-refractivity contribution is 0.0453. The van der Waals surface area contributed by atoms with Crippen LogP contribution in [-0.2, 0) is 0 Å². The van der Waals surface area contributed by atoms with Crippen molar-refractivity contribution in [2.24, 2.45) is 0 Å². The molecule has 0 saturated heterocycles. The van der Waals surface area contributed by atoms with E-state index >= 15 is 0 Å². The fourth-order valence-corrected chi connectivity index (χ4v) is 2.65. The number of nitrogens with one attached hydrogen (secondary N) is 1. The summed E-state index contributed by atoms with van der Waals surface area (Å²) in [6.45, 7) is 2.77. The molecule has 0 aliphatic heterocycles. The average molecular weight is 254 g/mol. The molecule has 3 heteroatoms. The number of hydrogen-bond donors (Lipinski definition) is 2. The molecule has 94 valence electrons. The molecule has 0 spiro atoms. The summed E-state index contributed by atoms with van der Waals surface area (Å²) in [5.74, 6) is 0. The van der Waals surface area contributed by atoms with E-state index in [2.05, 4.69) is 18.3 Å². The van der Waals surface area contributed by atoms with E-state index in [4.69, 9.17) is 11.6 Å². The second kappa shape index (κ2) is 5.38. The second-order valence-corrected chi connectivity index (χ2v) is 5.53. The number of benzene rings is 1. The third-order valence-corrected chi connectivity index (χ3v) is 3.86. The Kier molecular flexibility index (Phi) is 4.08. The fourth-order valence-electron chi connectivity index (χ4n) is 2.45. The topological polar surface area (TPSA) is 32.3 Å². The number of hydrogen-bond acceptors (Lipinski definition) is 2. The molecule has 0 aromatic heterocycles. The highest BCUT2D eigenvalue weighted by Gasteiger charge is 2.30. The summed E-state index contributed by atoms with van der Waals surface area (Å²) in [6, 6.07) is 8.08. The van der Waals surface area contributed by atoms with Gasteiger partial charge in [-0.3, -0.25) is 0 Å². The Balaban J connectivity index is 1.91. The molecule has 0 bridgehead atoms. The van der Waals surface area contributed by atoms with Gasteiger partial charge in [0.15, 0.2) is 0 Å². The summed E-state index contributed by atoms with van der Waals surface area (Å²) in [5, 5.41) is 14.4. The van der Waals surface area contributed by atoms with Crippen molar-refractivity contribution in [1.82, 2.24) is 5.32 Å². The molecule has 1 aromatic rings. The predicted octanol–water partition coefficient (Wildman–Crippen LogP) is 3.30. The summed E-state index contributed by atoms with van der Waals surface area (Å²) in [4.78, 5) is 0. The van der Waals surface area contributed by atoms with E-state index in [0.29, 0.717) is 6.54 Å². The van der Waals surface area contributed by atoms with Crippen molar-refractivity contribution < 1.29 is 5.11 Å². The summed E-state index contributed by atoms with van der Waals surface area (Å²) in [5.41, 5.74) is 0.673. The lowest BCUT2D eigenvalue weighted by atomic mass is 10.0. The van der Waals surface area contributed by atoms with Crippen molar-refractivity contribution in [1.29, 1.82) is 0 Å². The van der Waals surface area contributed by atoms with Crippen LogP contribution in [0, 0.1) is 0 Å². The van der Waals surface area contributed by atoms with E-state index in [9.17, 15) is 5.11 Å². The van der Waals surface area contributed by atoms with E-state index in [0.717, 1.165) is 30.7 Å². The first kappa shape index (κ1) is 12.9. The summed E-state index contributed by atoms with van der Waals surface area (Å²) in [6.07, 6.45) is 4.12. The highest BCUT2D eigenvalue weighted by Crippen LogP contribution is 2.29. The van der Waals surface area contributed by atoms with E-state index in [-0.39, 0.29) is 6.04 Å². The van der Waals surface area contributed by atoms with Gasteiger partial charge >= 0.3 is 0 Å². The van der Waals surface area contributed by atoms with Crippen LogP contribution in [-0.4, -0.2) is 17.3 Å². The number of halogens is 1. The van der Waals surface area contributed by atoms with Crippen LogP contribution in [0.3, 0.4) is 0 Å². The Labute approximate surface area is 108 Å². The monoisotopic (exact) mass is 253 g/mol. The zero-order chi connectivity index (χ0) is 12.3. The van der Waals surface area contributed by atoms with Crippen molar-refractivity contribution in [3.8, 4) is 0 Å². The molecule has 2 N–H and O–H groups in total. The van der Waals surface area contributed by atoms with E-state index < -0.39 is 5.60 Å². The van der Waals surface area contributed by atoms with Gasteiger partial charge in [-0.15, -0.1) is 0 Å². The largest absolute Gasteiger partial charge is 0.389 e. The average Bonchev–Trinajstić information content (AvgIpc) is 2.74. The van der Waals surface area contributed by atoms with Gasteiger partial charge in [-0.2, -0.15) is 0 Å². The lowest BCUT2D eigenvalue weighted by Crippen LogP contribution is -2.39. The predicted molar refractivity (Wildman–Crippen MR) is 71.3 cm³/mol. The van der Waals surface area contributed by atoms with Crippen LogP contribution < -0.4 is 5.32 Å². The van der Waals surface area contributed by atoms with Gasteiger partial charge in [0, 0.05) is 17.6 Å². The van der Waals surface area contributed by atoms with Gasteiger partial charge < -0.3 is 10.4 Å². The van der Waals surface area contributed by atoms with Gasteiger partial charge in [0.05, 0.1) is 5.60 Å². The Bertz CT molecular complexity index is 374. The zero-order valence-corrected chi connectivity index (χ0v) is 11.0. The van der Waals surface area contributed by atoms with Gasteiger partial charge in [0.2, 0.25) is 0 Å². The zero-order valence-electron chi connectivity index (χ0n) is 10.2. The first-order chi connectivity index (χ1) is 8.09. The Hall–Kier alpha value is -0.570. The SMILES string of the molecule is C[C@@H](NCC1(O)CCCC1)c1cccc(Cl)c1. The van der Waals surface area contributed by atoms with E-state index in [1.54, 1.807) is 0 Å². The van der Waals surface area contributed by atoms with Gasteiger partial charge in [0.25, 0.3) is 0 Å². The van der Waals surface area contributed by atoms with Crippen LogP contribution >= 0.6 is 11.6 Å². The maximum atomic E-state index is 10.3. The summed E-state index contributed by atoms with van der Waals surface area (Å²) in [7, 11) is 0. The molecule has 2 rings (SSSR count). The molecule has 0 unspecified atom stereocenters. The first-order valence-corrected chi connectivity index (χ1v) is 6.68. The van der Waals surface area contributed by atoms with Crippen molar-refractivity contribution in [2.45, 2.75) is 44.2 Å². The maximum Gasteiger partial charge on any atom is 0.0771 e. The van der Waals surface area contributed by atoms with E-state index in [1.165, 1.54) is 5.56 Å². The molecule has 1 fully saturated rings. The highest BCUT2D eigenvalue weighted by molar-refractivity contribution is 6.30. The van der Waals surface area contributed by atoms with Crippen LogP contribution in [0.25, 0.3) is 0 Å². The van der Waals surface area contributed by atoms with Crippen LogP contribution in [0.4, 0.5) is 0 Å². The van der Waals surface area contributed by atoms with Crippen molar-refractivity contribution in [3.05, 3.63) is 34.9 Å².